The van der Waals surface area contributed by atoms with Gasteiger partial charge in [-0.3, -0.25) is 9.69 Å². The van der Waals surface area contributed by atoms with E-state index in [1.54, 1.807) is 33.3 Å². The van der Waals surface area contributed by atoms with Crippen molar-refractivity contribution in [2.75, 3.05) is 76.1 Å². The topological polar surface area (TPSA) is 136 Å². The number of carbonyl (C=O) groups excluding carboxylic acids is 2. The van der Waals surface area contributed by atoms with Crippen LogP contribution in [0.2, 0.25) is 0 Å². The van der Waals surface area contributed by atoms with Crippen LogP contribution in [0.1, 0.15) is 35.1 Å². The lowest BCUT2D eigenvalue weighted by Gasteiger charge is -2.32. The molecule has 4 aromatic carbocycles. The maximum absolute atomic E-state index is 13.3. The lowest BCUT2D eigenvalue weighted by Crippen LogP contribution is -2.40. The number of methoxy groups -OCH3 is 4. The fraction of sp³-hybridized carbons (Fsp3) is 0.422. The van der Waals surface area contributed by atoms with Gasteiger partial charge in [-0.2, -0.15) is 0 Å². The number of hydrogen-bond acceptors (Lipinski definition) is 14. The molecular formula is C45H59N3O12. The number of rotatable bonds is 29. The number of carbonyl (C=O) groups is 2. The van der Waals surface area contributed by atoms with Crippen molar-refractivity contribution in [1.82, 2.24) is 14.7 Å². The van der Waals surface area contributed by atoms with Gasteiger partial charge in [-0.1, -0.05) is 48.5 Å². The second kappa shape index (κ2) is 26.6. The summed E-state index contributed by atoms with van der Waals surface area (Å²) in [6.45, 7) is 1.90. The van der Waals surface area contributed by atoms with E-state index in [0.717, 1.165) is 33.8 Å². The third-order valence-corrected chi connectivity index (χ3v) is 9.43. The summed E-state index contributed by atoms with van der Waals surface area (Å²) in [6, 6.07) is 30.7. The third-order valence-electron chi connectivity index (χ3n) is 9.43. The van der Waals surface area contributed by atoms with Crippen molar-refractivity contribution in [3.8, 4) is 23.0 Å². The molecule has 0 aliphatic heterocycles. The first-order chi connectivity index (χ1) is 29.2. The van der Waals surface area contributed by atoms with Crippen LogP contribution in [0.3, 0.4) is 0 Å². The van der Waals surface area contributed by atoms with Crippen LogP contribution in [-0.4, -0.2) is 116 Å². The van der Waals surface area contributed by atoms with Gasteiger partial charge in [-0.05, 0) is 97.7 Å². The Morgan fingerprint density at radius 2 is 1.05 bits per heavy atom. The van der Waals surface area contributed by atoms with Gasteiger partial charge >= 0.3 is 6.09 Å². The summed E-state index contributed by atoms with van der Waals surface area (Å²) in [7, 11) is 10.4. The Morgan fingerprint density at radius 1 is 0.583 bits per heavy atom. The molecule has 60 heavy (non-hydrogen) atoms. The third kappa shape index (κ3) is 16.7. The van der Waals surface area contributed by atoms with Crippen LogP contribution in [0.4, 0.5) is 4.79 Å². The van der Waals surface area contributed by atoms with Crippen molar-refractivity contribution >= 4 is 12.6 Å². The lowest BCUT2D eigenvalue weighted by atomic mass is 10.1. The van der Waals surface area contributed by atoms with Crippen molar-refractivity contribution in [2.24, 2.45) is 0 Å². The van der Waals surface area contributed by atoms with E-state index in [2.05, 4.69) is 4.90 Å². The Kier molecular flexibility index (Phi) is 21.0. The minimum absolute atomic E-state index is 0.0636. The smallest absolute Gasteiger partial charge is 0.412 e. The fourth-order valence-electron chi connectivity index (χ4n) is 6.29. The molecule has 0 heterocycles. The maximum atomic E-state index is 13.3. The minimum Gasteiger partial charge on any atom is -0.497 e. The Bertz CT molecular complexity index is 1750. The first-order valence-electron chi connectivity index (χ1n) is 19.5. The standard InChI is InChI=1S/C45H59N3O12/c1-46(2)39(19-21-55-32-57-34-59-44(50)47(27-35-11-7-15-40(23-35)51-3)28-36-12-8-16-41(24-36)52-4)20-22-58-45(60-33-56-31-49)48(29-37-13-9-17-42(25-37)53-5)30-38-14-10-18-43(26-38)54-6/h7-18,23-26,31,39,45H,19-22,27-30,32-34H2,1-6H3. The van der Waals surface area contributed by atoms with Crippen LogP contribution in [0, 0.1) is 0 Å². The summed E-state index contributed by atoms with van der Waals surface area (Å²) in [5.41, 5.74) is 3.72. The van der Waals surface area contributed by atoms with Crippen molar-refractivity contribution in [3.63, 3.8) is 0 Å². The van der Waals surface area contributed by atoms with Gasteiger partial charge in [0.05, 0.1) is 41.7 Å². The molecule has 4 rings (SSSR count). The molecule has 0 radical (unpaired) electrons. The second-order valence-electron chi connectivity index (χ2n) is 13.8. The molecule has 0 N–H and O–H groups in total. The summed E-state index contributed by atoms with van der Waals surface area (Å²) >= 11 is 0. The highest BCUT2D eigenvalue weighted by molar-refractivity contribution is 5.67. The zero-order chi connectivity index (χ0) is 43.0. The predicted octanol–water partition coefficient (Wildman–Crippen LogP) is 6.67. The first-order valence-corrected chi connectivity index (χ1v) is 19.5. The molecule has 0 aliphatic carbocycles. The maximum Gasteiger partial charge on any atom is 0.412 e. The molecule has 0 bridgehead atoms. The summed E-state index contributed by atoms with van der Waals surface area (Å²) in [6.07, 6.45) is -0.0876. The molecule has 15 heteroatoms. The molecule has 326 valence electrons. The number of amides is 1. The Morgan fingerprint density at radius 3 is 1.50 bits per heavy atom. The average Bonchev–Trinajstić information content (AvgIpc) is 3.27. The van der Waals surface area contributed by atoms with Crippen LogP contribution in [0.15, 0.2) is 97.1 Å². The van der Waals surface area contributed by atoms with Gasteiger partial charge in [0.15, 0.2) is 20.4 Å². The number of ether oxygens (including phenoxy) is 10. The van der Waals surface area contributed by atoms with E-state index in [9.17, 15) is 9.59 Å². The molecule has 15 nitrogen and oxygen atoms in total. The van der Waals surface area contributed by atoms with Crippen molar-refractivity contribution < 1.29 is 57.0 Å². The highest BCUT2D eigenvalue weighted by Crippen LogP contribution is 2.23. The quantitative estimate of drug-likeness (QED) is 0.0327. The summed E-state index contributed by atoms with van der Waals surface area (Å²) in [5, 5.41) is 0. The van der Waals surface area contributed by atoms with Crippen LogP contribution in [0.25, 0.3) is 0 Å². The van der Waals surface area contributed by atoms with E-state index >= 15 is 0 Å². The summed E-state index contributed by atoms with van der Waals surface area (Å²) in [4.78, 5) is 30.0. The normalized spacial score (nSPS) is 12.1. The van der Waals surface area contributed by atoms with Crippen molar-refractivity contribution in [3.05, 3.63) is 119 Å². The van der Waals surface area contributed by atoms with E-state index < -0.39 is 12.5 Å². The van der Waals surface area contributed by atoms with Crippen LogP contribution < -0.4 is 18.9 Å². The highest BCUT2D eigenvalue weighted by atomic mass is 16.8. The largest absolute Gasteiger partial charge is 0.497 e. The fourth-order valence-corrected chi connectivity index (χ4v) is 6.29. The summed E-state index contributed by atoms with van der Waals surface area (Å²) in [5.74, 6) is 2.84. The van der Waals surface area contributed by atoms with E-state index in [4.69, 9.17) is 47.4 Å². The molecule has 0 aliphatic rings. The zero-order valence-electron chi connectivity index (χ0n) is 35.5. The van der Waals surface area contributed by atoms with Gasteiger partial charge in [-0.15, -0.1) is 0 Å². The molecule has 0 fully saturated rings. The van der Waals surface area contributed by atoms with E-state index in [1.807, 2.05) is 116 Å². The number of benzene rings is 4. The lowest BCUT2D eigenvalue weighted by molar-refractivity contribution is -0.259. The van der Waals surface area contributed by atoms with Crippen molar-refractivity contribution in [2.45, 2.75) is 51.5 Å². The molecule has 0 aromatic heterocycles. The van der Waals surface area contributed by atoms with Crippen LogP contribution in [0.5, 0.6) is 23.0 Å². The van der Waals surface area contributed by atoms with Gasteiger partial charge < -0.3 is 52.3 Å². The van der Waals surface area contributed by atoms with Gasteiger partial charge in [0.1, 0.15) is 23.0 Å². The Hall–Kier alpha value is -5.42. The molecule has 0 spiro atoms. The number of nitrogens with zero attached hydrogens (tertiary/aromatic N) is 3. The monoisotopic (exact) mass is 833 g/mol. The average molecular weight is 834 g/mol. The van der Waals surface area contributed by atoms with Crippen LogP contribution in [-0.2, 0) is 59.4 Å². The molecule has 4 aromatic rings. The SMILES string of the molecule is COc1cccc(CN(Cc2cccc(OC)c2)C(=O)OCOCOCCC(CCOC(OCOC=O)N(Cc2cccc(OC)c2)Cc2cccc(OC)c2)N(C)C)c1. The van der Waals surface area contributed by atoms with Crippen LogP contribution >= 0.6 is 0 Å². The number of hydrogen-bond donors (Lipinski definition) is 0. The molecule has 0 saturated heterocycles. The highest BCUT2D eigenvalue weighted by Gasteiger charge is 2.23. The first kappa shape index (κ1) is 47.3. The molecular weight excluding hydrogens is 775 g/mol. The molecule has 2 atom stereocenters. The molecule has 1 amide bonds. The van der Waals surface area contributed by atoms with Gasteiger partial charge in [0.2, 0.25) is 6.41 Å². The van der Waals surface area contributed by atoms with E-state index in [1.165, 1.54) is 0 Å². The van der Waals surface area contributed by atoms with E-state index in [0.29, 0.717) is 70.2 Å². The zero-order valence-corrected chi connectivity index (χ0v) is 35.5. The molecule has 2 unspecified atom stereocenters. The second-order valence-corrected chi connectivity index (χ2v) is 13.8. The Balaban J connectivity index is 1.28. The minimum atomic E-state index is -0.862. The molecule has 0 saturated carbocycles. The predicted molar refractivity (Wildman–Crippen MR) is 223 cm³/mol. The van der Waals surface area contributed by atoms with Gasteiger partial charge in [0, 0.05) is 32.2 Å². The Labute approximate surface area is 353 Å². The van der Waals surface area contributed by atoms with E-state index in [-0.39, 0.29) is 26.4 Å². The van der Waals surface area contributed by atoms with Crippen molar-refractivity contribution in [1.29, 1.82) is 0 Å². The van der Waals surface area contributed by atoms with Gasteiger partial charge in [-0.25, -0.2) is 9.69 Å². The van der Waals surface area contributed by atoms with Gasteiger partial charge in [0.25, 0.3) is 6.47 Å². The summed E-state index contributed by atoms with van der Waals surface area (Å²) < 4.78 is 55.7.